The molecule has 1 fully saturated rings. The normalized spacial score (nSPS) is 19.4. The molecule has 0 spiro atoms. The van der Waals surface area contributed by atoms with Gasteiger partial charge in [0.15, 0.2) is 0 Å². The van der Waals surface area contributed by atoms with Crippen LogP contribution in [0.5, 0.6) is 0 Å². The highest BCUT2D eigenvalue weighted by Crippen LogP contribution is 2.67. The molecule has 0 saturated heterocycles. The Kier molecular flexibility index (Phi) is 3.76. The van der Waals surface area contributed by atoms with Crippen LogP contribution in [0.2, 0.25) is 0 Å². The van der Waals surface area contributed by atoms with Crippen molar-refractivity contribution in [1.82, 2.24) is 10.3 Å². The van der Waals surface area contributed by atoms with E-state index in [4.69, 9.17) is 0 Å². The third-order valence-electron chi connectivity index (χ3n) is 5.22. The molecule has 2 N–H and O–H groups in total. The zero-order chi connectivity index (χ0) is 15.0. The summed E-state index contributed by atoms with van der Waals surface area (Å²) in [5.41, 5.74) is 2.05. The second kappa shape index (κ2) is 5.08. The number of hydrogen-bond donors (Lipinski definition) is 2. The molecule has 1 saturated carbocycles. The van der Waals surface area contributed by atoms with E-state index in [1.807, 2.05) is 6.92 Å². The van der Waals surface area contributed by atoms with E-state index in [-0.39, 0.29) is 5.91 Å². The first kappa shape index (κ1) is 14.8. The zero-order valence-electron chi connectivity index (χ0n) is 13.1. The Bertz CT molecular complexity index is 494. The fraction of sp³-hybridized carbons (Fsp3) is 0.625. The Morgan fingerprint density at radius 3 is 2.50 bits per heavy atom. The minimum atomic E-state index is -0.0261. The molecule has 2 rings (SSSR count). The van der Waals surface area contributed by atoms with E-state index in [0.717, 1.165) is 18.8 Å². The van der Waals surface area contributed by atoms with Crippen LogP contribution in [0.25, 0.3) is 0 Å². The van der Waals surface area contributed by atoms with Gasteiger partial charge in [-0.05, 0) is 29.7 Å². The molecular formula is C16H25N3O. The summed E-state index contributed by atoms with van der Waals surface area (Å²) in [6, 6.07) is 1.76. The number of nitrogens with zero attached hydrogens (tertiary/aromatic N) is 1. The van der Waals surface area contributed by atoms with Crippen LogP contribution < -0.4 is 10.6 Å². The van der Waals surface area contributed by atoms with Crippen molar-refractivity contribution >= 4 is 11.6 Å². The van der Waals surface area contributed by atoms with Crippen molar-refractivity contribution in [1.29, 1.82) is 0 Å². The van der Waals surface area contributed by atoms with Gasteiger partial charge in [-0.1, -0.05) is 27.7 Å². The number of carbonyl (C=O) groups excluding carboxylic acids is 1. The van der Waals surface area contributed by atoms with Crippen LogP contribution in [0, 0.1) is 16.7 Å². The highest BCUT2D eigenvalue weighted by atomic mass is 16.1. The summed E-state index contributed by atoms with van der Waals surface area (Å²) in [5.74, 6) is 0.505. The first-order chi connectivity index (χ1) is 9.32. The number of rotatable bonds is 5. The average Bonchev–Trinajstić information content (AvgIpc) is 2.78. The lowest BCUT2D eigenvalue weighted by Crippen LogP contribution is -2.28. The average molecular weight is 275 g/mol. The Hall–Kier alpha value is -1.58. The molecule has 0 aromatic carbocycles. The van der Waals surface area contributed by atoms with Crippen molar-refractivity contribution in [2.45, 2.75) is 34.6 Å². The van der Waals surface area contributed by atoms with E-state index in [1.54, 1.807) is 18.5 Å². The predicted octanol–water partition coefficient (Wildman–Crippen LogP) is 2.93. The molecule has 1 aliphatic rings. The summed E-state index contributed by atoms with van der Waals surface area (Å²) < 4.78 is 0. The fourth-order valence-corrected chi connectivity index (χ4v) is 3.06. The van der Waals surface area contributed by atoms with Crippen molar-refractivity contribution < 1.29 is 4.79 Å². The van der Waals surface area contributed by atoms with Gasteiger partial charge in [-0.3, -0.25) is 9.78 Å². The largest absolute Gasteiger partial charge is 0.383 e. The van der Waals surface area contributed by atoms with Gasteiger partial charge < -0.3 is 10.6 Å². The summed E-state index contributed by atoms with van der Waals surface area (Å²) in [6.07, 6.45) is 3.35. The van der Waals surface area contributed by atoms with Gasteiger partial charge in [-0.15, -0.1) is 0 Å². The maximum atomic E-state index is 12.3. The van der Waals surface area contributed by atoms with E-state index in [9.17, 15) is 4.79 Å². The van der Waals surface area contributed by atoms with Crippen LogP contribution in [0.15, 0.2) is 18.5 Å². The van der Waals surface area contributed by atoms with Gasteiger partial charge in [0.25, 0.3) is 5.91 Å². The summed E-state index contributed by atoms with van der Waals surface area (Å²) in [7, 11) is 0. The third kappa shape index (κ3) is 2.39. The molecule has 0 unspecified atom stereocenters. The third-order valence-corrected chi connectivity index (χ3v) is 5.22. The molecule has 1 amide bonds. The first-order valence-electron chi connectivity index (χ1n) is 7.28. The van der Waals surface area contributed by atoms with E-state index in [0.29, 0.717) is 22.3 Å². The van der Waals surface area contributed by atoms with Crippen molar-refractivity contribution in [2.24, 2.45) is 16.7 Å². The van der Waals surface area contributed by atoms with Crippen LogP contribution in [0.1, 0.15) is 45.0 Å². The lowest BCUT2D eigenvalue weighted by Gasteiger charge is -2.11. The molecule has 4 heteroatoms. The molecule has 0 radical (unpaired) electrons. The van der Waals surface area contributed by atoms with E-state index >= 15 is 0 Å². The Balaban J connectivity index is 2.00. The van der Waals surface area contributed by atoms with Gasteiger partial charge in [-0.25, -0.2) is 0 Å². The topological polar surface area (TPSA) is 54.0 Å². The molecular weight excluding hydrogens is 250 g/mol. The number of pyridine rings is 1. The molecule has 0 bridgehead atoms. The maximum absolute atomic E-state index is 12.3. The summed E-state index contributed by atoms with van der Waals surface area (Å²) in [6.45, 7) is 12.6. The van der Waals surface area contributed by atoms with Gasteiger partial charge in [0.2, 0.25) is 0 Å². The van der Waals surface area contributed by atoms with Crippen LogP contribution in [0.4, 0.5) is 5.69 Å². The van der Waals surface area contributed by atoms with E-state index in [1.165, 1.54) is 0 Å². The molecule has 4 nitrogen and oxygen atoms in total. The lowest BCUT2D eigenvalue weighted by atomic mass is 10.0. The van der Waals surface area contributed by atoms with Gasteiger partial charge in [0.1, 0.15) is 0 Å². The fourth-order valence-electron chi connectivity index (χ4n) is 3.06. The molecule has 1 aromatic heterocycles. The molecule has 0 atom stereocenters. The number of nitrogens with one attached hydrogen (secondary N) is 2. The minimum Gasteiger partial charge on any atom is -0.383 e. The molecule has 0 aliphatic heterocycles. The second-order valence-electron chi connectivity index (χ2n) is 6.66. The molecule has 1 heterocycles. The highest BCUT2D eigenvalue weighted by Gasteiger charge is 2.64. The van der Waals surface area contributed by atoms with Crippen molar-refractivity contribution in [3.05, 3.63) is 24.0 Å². The standard InChI is InChI=1S/C16H25N3O/c1-6-18-12-9-17-8-7-11(12)14(20)19-10-13-15(2,3)16(13,4)5/h7-9,13,18H,6,10H2,1-5H3,(H,19,20). The number of anilines is 1. The monoisotopic (exact) mass is 275 g/mol. The predicted molar refractivity (Wildman–Crippen MR) is 81.8 cm³/mol. The van der Waals surface area contributed by atoms with Crippen molar-refractivity contribution in [3.63, 3.8) is 0 Å². The van der Waals surface area contributed by atoms with Gasteiger partial charge in [0.05, 0.1) is 17.4 Å². The Morgan fingerprint density at radius 1 is 1.30 bits per heavy atom. The number of aromatic nitrogens is 1. The van der Waals surface area contributed by atoms with Crippen LogP contribution in [-0.4, -0.2) is 24.0 Å². The summed E-state index contributed by atoms with van der Waals surface area (Å²) in [4.78, 5) is 16.4. The number of carbonyl (C=O) groups is 1. The SMILES string of the molecule is CCNc1cnccc1C(=O)NCC1C(C)(C)C1(C)C. The zero-order valence-corrected chi connectivity index (χ0v) is 13.1. The van der Waals surface area contributed by atoms with Crippen molar-refractivity contribution in [3.8, 4) is 0 Å². The molecule has 110 valence electrons. The van der Waals surface area contributed by atoms with E-state index < -0.39 is 0 Å². The number of hydrogen-bond acceptors (Lipinski definition) is 3. The Labute approximate surface area is 121 Å². The smallest absolute Gasteiger partial charge is 0.253 e. The first-order valence-corrected chi connectivity index (χ1v) is 7.28. The maximum Gasteiger partial charge on any atom is 0.253 e. The molecule has 20 heavy (non-hydrogen) atoms. The van der Waals surface area contributed by atoms with Crippen LogP contribution >= 0.6 is 0 Å². The number of amides is 1. The molecule has 1 aliphatic carbocycles. The van der Waals surface area contributed by atoms with Gasteiger partial charge in [0, 0.05) is 19.3 Å². The second-order valence-corrected chi connectivity index (χ2v) is 6.66. The van der Waals surface area contributed by atoms with Gasteiger partial charge >= 0.3 is 0 Å². The Morgan fingerprint density at radius 2 is 1.95 bits per heavy atom. The minimum absolute atomic E-state index is 0.0261. The summed E-state index contributed by atoms with van der Waals surface area (Å²) in [5, 5.41) is 6.23. The summed E-state index contributed by atoms with van der Waals surface area (Å²) >= 11 is 0. The van der Waals surface area contributed by atoms with Crippen LogP contribution in [0.3, 0.4) is 0 Å². The van der Waals surface area contributed by atoms with Crippen LogP contribution in [-0.2, 0) is 0 Å². The van der Waals surface area contributed by atoms with Crippen molar-refractivity contribution in [2.75, 3.05) is 18.4 Å². The van der Waals surface area contributed by atoms with Gasteiger partial charge in [-0.2, -0.15) is 0 Å². The highest BCUT2D eigenvalue weighted by molar-refractivity contribution is 5.99. The van der Waals surface area contributed by atoms with E-state index in [2.05, 4.69) is 43.3 Å². The lowest BCUT2D eigenvalue weighted by molar-refractivity contribution is 0.0950. The quantitative estimate of drug-likeness (QED) is 0.868. The molecule has 1 aromatic rings.